The molecule has 0 amide bonds. The van der Waals surface area contributed by atoms with Gasteiger partial charge in [0.2, 0.25) is 0 Å². The van der Waals surface area contributed by atoms with Crippen molar-refractivity contribution in [1.29, 1.82) is 0 Å². The zero-order chi connectivity index (χ0) is 14.8. The number of ether oxygens (including phenoxy) is 1. The molecule has 3 rings (SSSR count). The van der Waals surface area contributed by atoms with Crippen molar-refractivity contribution in [3.05, 3.63) is 35.4 Å². The van der Waals surface area contributed by atoms with Crippen LogP contribution >= 0.6 is 0 Å². The predicted octanol–water partition coefficient (Wildman–Crippen LogP) is 1.00. The minimum atomic E-state index is -0.772. The Bertz CT molecular complexity index is 520. The first kappa shape index (κ1) is 14.5. The van der Waals surface area contributed by atoms with Crippen LogP contribution in [0.3, 0.4) is 0 Å². The lowest BCUT2D eigenvalue weighted by atomic mass is 9.92. The van der Waals surface area contributed by atoms with Crippen LogP contribution in [0.5, 0.6) is 0 Å². The highest BCUT2D eigenvalue weighted by atomic mass is 16.5. The number of carbonyl (C=O) groups is 1. The molecule has 0 saturated carbocycles. The molecule has 5 heteroatoms. The van der Waals surface area contributed by atoms with Gasteiger partial charge in [0, 0.05) is 26.2 Å². The molecule has 1 N–H and O–H groups in total. The van der Waals surface area contributed by atoms with Gasteiger partial charge in [0.25, 0.3) is 0 Å². The highest BCUT2D eigenvalue weighted by Crippen LogP contribution is 2.30. The number of hydrogen-bond donors (Lipinski definition) is 1. The summed E-state index contributed by atoms with van der Waals surface area (Å²) in [6.07, 6.45) is 0.999. The maximum atomic E-state index is 11.7. The first-order valence-corrected chi connectivity index (χ1v) is 7.50. The number of carboxylic acid groups (broad SMARTS) is 1. The van der Waals surface area contributed by atoms with E-state index in [-0.39, 0.29) is 6.10 Å². The Morgan fingerprint density at radius 1 is 1.38 bits per heavy atom. The maximum absolute atomic E-state index is 11.7. The number of nitrogens with zero attached hydrogens (tertiary/aromatic N) is 2. The summed E-state index contributed by atoms with van der Waals surface area (Å²) >= 11 is 0. The van der Waals surface area contributed by atoms with E-state index in [2.05, 4.69) is 16.8 Å². The van der Waals surface area contributed by atoms with E-state index in [9.17, 15) is 9.90 Å². The van der Waals surface area contributed by atoms with Crippen molar-refractivity contribution in [3.8, 4) is 0 Å². The number of aliphatic carboxylic acids is 1. The van der Waals surface area contributed by atoms with Gasteiger partial charge in [0.1, 0.15) is 6.04 Å². The molecule has 2 aliphatic heterocycles. The van der Waals surface area contributed by atoms with Crippen LogP contribution in [0.25, 0.3) is 0 Å². The molecule has 1 fully saturated rings. The Labute approximate surface area is 125 Å². The summed E-state index contributed by atoms with van der Waals surface area (Å²) in [6, 6.07) is 7.32. The molecular formula is C16H22N2O3. The van der Waals surface area contributed by atoms with Crippen LogP contribution < -0.4 is 0 Å². The third kappa shape index (κ3) is 3.10. The molecule has 0 aliphatic carbocycles. The van der Waals surface area contributed by atoms with Crippen LogP contribution in [0.2, 0.25) is 0 Å². The molecule has 21 heavy (non-hydrogen) atoms. The summed E-state index contributed by atoms with van der Waals surface area (Å²) in [5.74, 6) is -0.772. The first-order valence-electron chi connectivity index (χ1n) is 7.50. The summed E-state index contributed by atoms with van der Waals surface area (Å²) in [4.78, 5) is 16.0. The first-order chi connectivity index (χ1) is 10.1. The molecule has 114 valence electrons. The fourth-order valence-electron chi connectivity index (χ4n) is 3.34. The summed E-state index contributed by atoms with van der Waals surface area (Å²) in [5.41, 5.74) is 2.09. The molecule has 2 heterocycles. The highest BCUT2D eigenvalue weighted by Gasteiger charge is 2.34. The average Bonchev–Trinajstić information content (AvgIpc) is 2.46. The zero-order valence-electron chi connectivity index (χ0n) is 12.4. The number of rotatable bonds is 3. The summed E-state index contributed by atoms with van der Waals surface area (Å²) in [5, 5.41) is 9.64. The molecule has 0 radical (unpaired) electrons. The Kier molecular flexibility index (Phi) is 4.24. The van der Waals surface area contributed by atoms with E-state index >= 15 is 0 Å². The number of morpholine rings is 1. The van der Waals surface area contributed by atoms with Gasteiger partial charge in [-0.1, -0.05) is 24.3 Å². The van der Waals surface area contributed by atoms with Gasteiger partial charge in [0.15, 0.2) is 0 Å². The van der Waals surface area contributed by atoms with E-state index in [1.165, 1.54) is 0 Å². The van der Waals surface area contributed by atoms with Crippen molar-refractivity contribution in [2.75, 3.05) is 39.8 Å². The fraction of sp³-hybridized carbons (Fsp3) is 0.562. The molecule has 1 aromatic rings. The third-order valence-electron chi connectivity index (χ3n) is 4.40. The van der Waals surface area contributed by atoms with E-state index in [1.807, 2.05) is 24.3 Å². The third-order valence-corrected chi connectivity index (χ3v) is 4.40. The van der Waals surface area contributed by atoms with E-state index in [0.29, 0.717) is 6.54 Å². The van der Waals surface area contributed by atoms with Crippen molar-refractivity contribution in [3.63, 3.8) is 0 Å². The number of fused-ring (bicyclic) bond motifs is 1. The second-order valence-electron chi connectivity index (χ2n) is 5.94. The normalized spacial score (nSPS) is 27.3. The van der Waals surface area contributed by atoms with E-state index in [4.69, 9.17) is 4.74 Å². The molecule has 2 aliphatic rings. The summed E-state index contributed by atoms with van der Waals surface area (Å²) < 4.78 is 5.79. The zero-order valence-corrected chi connectivity index (χ0v) is 12.4. The van der Waals surface area contributed by atoms with Crippen LogP contribution in [-0.4, -0.2) is 66.8 Å². The molecule has 0 aromatic heterocycles. The standard InChI is InChI=1S/C16H22N2O3/c1-17-8-9-21-13(10-17)11-18-7-6-12-4-2-3-5-14(12)15(18)16(19)20/h2-5,13,15H,6-11H2,1H3,(H,19,20). The van der Waals surface area contributed by atoms with Crippen molar-refractivity contribution in [2.45, 2.75) is 18.6 Å². The Balaban J connectivity index is 1.77. The lowest BCUT2D eigenvalue weighted by molar-refractivity contribution is -0.145. The van der Waals surface area contributed by atoms with Crippen molar-refractivity contribution >= 4 is 5.97 Å². The average molecular weight is 290 g/mol. The molecule has 1 aromatic carbocycles. The smallest absolute Gasteiger partial charge is 0.325 e. The Morgan fingerprint density at radius 3 is 2.95 bits per heavy atom. The van der Waals surface area contributed by atoms with Gasteiger partial charge < -0.3 is 14.7 Å². The number of carboxylic acids is 1. The van der Waals surface area contributed by atoms with Gasteiger partial charge in [-0.25, -0.2) is 0 Å². The number of hydrogen-bond acceptors (Lipinski definition) is 4. The van der Waals surface area contributed by atoms with Gasteiger partial charge in [-0.2, -0.15) is 0 Å². The minimum absolute atomic E-state index is 0.0934. The predicted molar refractivity (Wildman–Crippen MR) is 79.3 cm³/mol. The minimum Gasteiger partial charge on any atom is -0.480 e. The van der Waals surface area contributed by atoms with Crippen molar-refractivity contribution < 1.29 is 14.6 Å². The molecule has 5 nitrogen and oxygen atoms in total. The number of likely N-dealkylation sites (N-methyl/N-ethyl adjacent to an activating group) is 1. The van der Waals surface area contributed by atoms with E-state index < -0.39 is 12.0 Å². The number of benzene rings is 1. The molecule has 2 unspecified atom stereocenters. The highest BCUT2D eigenvalue weighted by molar-refractivity contribution is 5.76. The van der Waals surface area contributed by atoms with Crippen LogP contribution in [0.1, 0.15) is 17.2 Å². The van der Waals surface area contributed by atoms with Gasteiger partial charge in [-0.05, 0) is 24.6 Å². The lowest BCUT2D eigenvalue weighted by Gasteiger charge is -2.39. The van der Waals surface area contributed by atoms with Crippen molar-refractivity contribution in [2.24, 2.45) is 0 Å². The summed E-state index contributed by atoms with van der Waals surface area (Å²) in [6.45, 7) is 3.99. The van der Waals surface area contributed by atoms with Gasteiger partial charge >= 0.3 is 5.97 Å². The van der Waals surface area contributed by atoms with E-state index in [0.717, 1.165) is 43.8 Å². The summed E-state index contributed by atoms with van der Waals surface area (Å²) in [7, 11) is 2.08. The van der Waals surface area contributed by atoms with Crippen LogP contribution in [-0.2, 0) is 16.0 Å². The lowest BCUT2D eigenvalue weighted by Crippen LogP contribution is -2.49. The van der Waals surface area contributed by atoms with Crippen LogP contribution in [0.4, 0.5) is 0 Å². The molecule has 2 atom stereocenters. The SMILES string of the molecule is CN1CCOC(CN2CCc3ccccc3C2C(=O)O)C1. The molecule has 0 spiro atoms. The molecule has 1 saturated heterocycles. The van der Waals surface area contributed by atoms with Gasteiger partial charge in [0.05, 0.1) is 12.7 Å². The van der Waals surface area contributed by atoms with Crippen LogP contribution in [0, 0.1) is 0 Å². The fourth-order valence-corrected chi connectivity index (χ4v) is 3.34. The topological polar surface area (TPSA) is 53.0 Å². The van der Waals surface area contributed by atoms with Gasteiger partial charge in [-0.3, -0.25) is 9.69 Å². The monoisotopic (exact) mass is 290 g/mol. The maximum Gasteiger partial charge on any atom is 0.325 e. The molecular weight excluding hydrogens is 268 g/mol. The van der Waals surface area contributed by atoms with Crippen LogP contribution in [0.15, 0.2) is 24.3 Å². The largest absolute Gasteiger partial charge is 0.480 e. The van der Waals surface area contributed by atoms with E-state index in [1.54, 1.807) is 0 Å². The van der Waals surface area contributed by atoms with Crippen molar-refractivity contribution in [1.82, 2.24) is 9.80 Å². The quantitative estimate of drug-likeness (QED) is 0.900. The second kappa shape index (κ2) is 6.13. The Hall–Kier alpha value is -1.43. The Morgan fingerprint density at radius 2 is 2.19 bits per heavy atom. The second-order valence-corrected chi connectivity index (χ2v) is 5.94. The van der Waals surface area contributed by atoms with Gasteiger partial charge in [-0.15, -0.1) is 0 Å². The molecule has 0 bridgehead atoms.